The molecule has 0 saturated carbocycles. The normalized spacial score (nSPS) is 12.0. The predicted molar refractivity (Wildman–Crippen MR) is 76.8 cm³/mol. The highest BCUT2D eigenvalue weighted by Crippen LogP contribution is 2.29. The third-order valence-corrected chi connectivity index (χ3v) is 3.26. The number of hydrogen-bond acceptors (Lipinski definition) is 3. The lowest BCUT2D eigenvalue weighted by Gasteiger charge is -2.17. The maximum absolute atomic E-state index is 6.35. The van der Waals surface area contributed by atoms with Gasteiger partial charge in [0.2, 0.25) is 0 Å². The smallest absolute Gasteiger partial charge is 0.122 e. The van der Waals surface area contributed by atoms with Crippen molar-refractivity contribution in [2.24, 2.45) is 5.73 Å². The van der Waals surface area contributed by atoms with Gasteiger partial charge in [0.25, 0.3) is 0 Å². The van der Waals surface area contributed by atoms with Crippen LogP contribution in [0.15, 0.2) is 42.5 Å². The number of aryl methyl sites for hydroxylation is 1. The van der Waals surface area contributed by atoms with Crippen molar-refractivity contribution in [1.82, 2.24) is 0 Å². The molecule has 2 N–H and O–H groups in total. The van der Waals surface area contributed by atoms with Gasteiger partial charge in [-0.05, 0) is 35.7 Å². The van der Waals surface area contributed by atoms with E-state index in [1.54, 1.807) is 14.2 Å². The molecule has 0 radical (unpaired) electrons. The summed E-state index contributed by atoms with van der Waals surface area (Å²) in [6.45, 7) is 2.06. The second-order valence-corrected chi connectivity index (χ2v) is 4.48. The van der Waals surface area contributed by atoms with Crippen LogP contribution in [-0.2, 0) is 0 Å². The van der Waals surface area contributed by atoms with Gasteiger partial charge < -0.3 is 15.2 Å². The van der Waals surface area contributed by atoms with E-state index >= 15 is 0 Å². The van der Waals surface area contributed by atoms with Crippen LogP contribution < -0.4 is 15.2 Å². The van der Waals surface area contributed by atoms with Crippen LogP contribution in [0.5, 0.6) is 11.5 Å². The summed E-state index contributed by atoms with van der Waals surface area (Å²) in [6, 6.07) is 13.7. The van der Waals surface area contributed by atoms with Gasteiger partial charge >= 0.3 is 0 Å². The highest BCUT2D eigenvalue weighted by atomic mass is 16.5. The molecule has 2 rings (SSSR count). The van der Waals surface area contributed by atoms with Crippen molar-refractivity contribution >= 4 is 0 Å². The van der Waals surface area contributed by atoms with Gasteiger partial charge in [0, 0.05) is 6.07 Å². The van der Waals surface area contributed by atoms with Crippen LogP contribution in [0.1, 0.15) is 22.7 Å². The molecule has 1 atom stereocenters. The Labute approximate surface area is 114 Å². The molecule has 0 spiro atoms. The average Bonchev–Trinajstić information content (AvgIpc) is 2.46. The predicted octanol–water partition coefficient (Wildman–Crippen LogP) is 3.06. The van der Waals surface area contributed by atoms with E-state index in [0.717, 1.165) is 22.6 Å². The van der Waals surface area contributed by atoms with Crippen LogP contribution in [0, 0.1) is 6.92 Å². The molecule has 0 amide bonds. The van der Waals surface area contributed by atoms with Crippen LogP contribution in [-0.4, -0.2) is 14.2 Å². The molecular weight excluding hydrogens is 238 g/mol. The first kappa shape index (κ1) is 13.4. The molecule has 3 nitrogen and oxygen atoms in total. The third kappa shape index (κ3) is 2.88. The number of nitrogens with two attached hydrogens (primary N) is 1. The summed E-state index contributed by atoms with van der Waals surface area (Å²) in [4.78, 5) is 0. The molecule has 0 bridgehead atoms. The fraction of sp³-hybridized carbons (Fsp3) is 0.250. The lowest BCUT2D eigenvalue weighted by molar-refractivity contribution is 0.393. The molecule has 2 aromatic rings. The minimum absolute atomic E-state index is 0.190. The molecule has 100 valence electrons. The molecule has 0 aliphatic carbocycles. The minimum atomic E-state index is -0.190. The van der Waals surface area contributed by atoms with E-state index in [9.17, 15) is 0 Å². The quantitative estimate of drug-likeness (QED) is 0.915. The van der Waals surface area contributed by atoms with Crippen LogP contribution in [0.3, 0.4) is 0 Å². The van der Waals surface area contributed by atoms with Crippen LogP contribution in [0.4, 0.5) is 0 Å². The summed E-state index contributed by atoms with van der Waals surface area (Å²) < 4.78 is 10.6. The average molecular weight is 257 g/mol. The van der Waals surface area contributed by atoms with Gasteiger partial charge in [-0.2, -0.15) is 0 Å². The second kappa shape index (κ2) is 5.76. The lowest BCUT2D eigenvalue weighted by Crippen LogP contribution is -2.13. The van der Waals surface area contributed by atoms with E-state index in [2.05, 4.69) is 13.0 Å². The highest BCUT2D eigenvalue weighted by molar-refractivity contribution is 5.44. The van der Waals surface area contributed by atoms with Crippen molar-refractivity contribution in [2.45, 2.75) is 13.0 Å². The van der Waals surface area contributed by atoms with E-state index in [1.165, 1.54) is 5.56 Å². The molecule has 2 aromatic carbocycles. The molecule has 19 heavy (non-hydrogen) atoms. The maximum atomic E-state index is 6.35. The molecule has 0 aromatic heterocycles. The van der Waals surface area contributed by atoms with E-state index in [0.29, 0.717) is 0 Å². The van der Waals surface area contributed by atoms with E-state index in [-0.39, 0.29) is 6.04 Å². The summed E-state index contributed by atoms with van der Waals surface area (Å²) in [6.07, 6.45) is 0. The number of hydrogen-bond donors (Lipinski definition) is 1. The summed E-state index contributed by atoms with van der Waals surface area (Å²) in [5.41, 5.74) is 9.62. The monoisotopic (exact) mass is 257 g/mol. The fourth-order valence-electron chi connectivity index (χ4n) is 2.12. The Balaban J connectivity index is 2.43. The first-order valence-corrected chi connectivity index (χ1v) is 6.19. The zero-order valence-electron chi connectivity index (χ0n) is 11.5. The van der Waals surface area contributed by atoms with Crippen LogP contribution in [0.25, 0.3) is 0 Å². The Morgan fingerprint density at radius 1 is 0.947 bits per heavy atom. The third-order valence-electron chi connectivity index (χ3n) is 3.26. The van der Waals surface area contributed by atoms with Gasteiger partial charge in [-0.15, -0.1) is 0 Å². The van der Waals surface area contributed by atoms with E-state index in [4.69, 9.17) is 15.2 Å². The number of methoxy groups -OCH3 is 2. The molecular formula is C16H19NO2. The van der Waals surface area contributed by atoms with Gasteiger partial charge in [-0.3, -0.25) is 0 Å². The SMILES string of the molecule is COc1cc(OC)cc(C(N)c2ccccc2C)c1. The Hall–Kier alpha value is -2.00. The van der Waals surface area contributed by atoms with Crippen molar-refractivity contribution in [1.29, 1.82) is 0 Å². The molecule has 3 heteroatoms. The van der Waals surface area contributed by atoms with Crippen molar-refractivity contribution in [2.75, 3.05) is 14.2 Å². The van der Waals surface area contributed by atoms with Gasteiger partial charge in [-0.1, -0.05) is 24.3 Å². The fourth-order valence-corrected chi connectivity index (χ4v) is 2.12. The van der Waals surface area contributed by atoms with Gasteiger partial charge in [0.15, 0.2) is 0 Å². The molecule has 0 saturated heterocycles. The van der Waals surface area contributed by atoms with E-state index in [1.807, 2.05) is 36.4 Å². The van der Waals surface area contributed by atoms with Crippen molar-refractivity contribution in [3.05, 3.63) is 59.2 Å². The molecule has 0 aliphatic rings. The second-order valence-electron chi connectivity index (χ2n) is 4.48. The van der Waals surface area contributed by atoms with Gasteiger partial charge in [0.05, 0.1) is 20.3 Å². The first-order valence-electron chi connectivity index (χ1n) is 6.19. The van der Waals surface area contributed by atoms with Gasteiger partial charge in [-0.25, -0.2) is 0 Å². The topological polar surface area (TPSA) is 44.5 Å². The Bertz CT molecular complexity index is 544. The molecule has 0 aliphatic heterocycles. The molecule has 0 heterocycles. The number of rotatable bonds is 4. The Kier molecular flexibility index (Phi) is 4.07. The number of ether oxygens (including phenoxy) is 2. The van der Waals surface area contributed by atoms with Crippen molar-refractivity contribution < 1.29 is 9.47 Å². The summed E-state index contributed by atoms with van der Waals surface area (Å²) in [5, 5.41) is 0. The number of benzene rings is 2. The van der Waals surface area contributed by atoms with Gasteiger partial charge in [0.1, 0.15) is 11.5 Å². The maximum Gasteiger partial charge on any atom is 0.122 e. The molecule has 1 unspecified atom stereocenters. The zero-order chi connectivity index (χ0) is 13.8. The van der Waals surface area contributed by atoms with Crippen LogP contribution >= 0.6 is 0 Å². The van der Waals surface area contributed by atoms with Crippen molar-refractivity contribution in [3.8, 4) is 11.5 Å². The largest absolute Gasteiger partial charge is 0.497 e. The summed E-state index contributed by atoms with van der Waals surface area (Å²) in [7, 11) is 3.27. The minimum Gasteiger partial charge on any atom is -0.497 e. The summed E-state index contributed by atoms with van der Waals surface area (Å²) in [5.74, 6) is 1.50. The van der Waals surface area contributed by atoms with Crippen molar-refractivity contribution in [3.63, 3.8) is 0 Å². The first-order chi connectivity index (χ1) is 9.15. The summed E-state index contributed by atoms with van der Waals surface area (Å²) >= 11 is 0. The van der Waals surface area contributed by atoms with E-state index < -0.39 is 0 Å². The molecule has 0 fully saturated rings. The zero-order valence-corrected chi connectivity index (χ0v) is 11.5. The standard InChI is InChI=1S/C16H19NO2/c1-11-6-4-5-7-15(11)16(17)12-8-13(18-2)10-14(9-12)19-3/h4-10,16H,17H2,1-3H3. The van der Waals surface area contributed by atoms with Crippen LogP contribution in [0.2, 0.25) is 0 Å². The Morgan fingerprint density at radius 2 is 1.53 bits per heavy atom. The lowest BCUT2D eigenvalue weighted by atomic mass is 9.95. The Morgan fingerprint density at radius 3 is 2.05 bits per heavy atom. The highest BCUT2D eigenvalue weighted by Gasteiger charge is 2.13.